The summed E-state index contributed by atoms with van der Waals surface area (Å²) in [5, 5.41) is 8.69. The SMILES string of the molecule is CCn1cc(CN2CCC(CCOC)(c3noc(-c4ccc(F)cc4)n3)CC2)cn1. The first-order valence-corrected chi connectivity index (χ1v) is 10.4. The highest BCUT2D eigenvalue weighted by molar-refractivity contribution is 5.52. The summed E-state index contributed by atoms with van der Waals surface area (Å²) in [6, 6.07) is 6.12. The molecule has 0 amide bonds. The largest absolute Gasteiger partial charge is 0.385 e. The maximum atomic E-state index is 13.2. The van der Waals surface area contributed by atoms with Crippen molar-refractivity contribution in [1.82, 2.24) is 24.8 Å². The molecular formula is C22H28FN5O2. The summed E-state index contributed by atoms with van der Waals surface area (Å²) >= 11 is 0. The zero-order valence-electron chi connectivity index (χ0n) is 17.6. The quantitative estimate of drug-likeness (QED) is 0.561. The van der Waals surface area contributed by atoms with E-state index in [4.69, 9.17) is 14.2 Å². The summed E-state index contributed by atoms with van der Waals surface area (Å²) in [5.74, 6) is 0.862. The molecule has 1 aromatic carbocycles. The van der Waals surface area contributed by atoms with Gasteiger partial charge in [-0.25, -0.2) is 4.39 Å². The number of likely N-dealkylation sites (tertiary alicyclic amines) is 1. The van der Waals surface area contributed by atoms with Crippen LogP contribution in [0.2, 0.25) is 0 Å². The molecule has 0 atom stereocenters. The molecule has 1 aliphatic rings. The molecule has 0 unspecified atom stereocenters. The first-order valence-electron chi connectivity index (χ1n) is 10.4. The van der Waals surface area contributed by atoms with Crippen LogP contribution in [0.25, 0.3) is 11.5 Å². The summed E-state index contributed by atoms with van der Waals surface area (Å²) < 4.78 is 26.1. The molecule has 0 aliphatic carbocycles. The highest BCUT2D eigenvalue weighted by Gasteiger charge is 2.40. The number of piperidine rings is 1. The van der Waals surface area contributed by atoms with Crippen molar-refractivity contribution in [2.45, 2.75) is 44.7 Å². The van der Waals surface area contributed by atoms with E-state index in [1.807, 2.05) is 10.9 Å². The van der Waals surface area contributed by atoms with Gasteiger partial charge in [-0.3, -0.25) is 9.58 Å². The third-order valence-electron chi connectivity index (χ3n) is 6.01. The van der Waals surface area contributed by atoms with Crippen molar-refractivity contribution < 1.29 is 13.7 Å². The van der Waals surface area contributed by atoms with Gasteiger partial charge in [-0.15, -0.1) is 0 Å². The fourth-order valence-electron chi connectivity index (χ4n) is 4.09. The number of ether oxygens (including phenoxy) is 1. The van der Waals surface area contributed by atoms with Crippen LogP contribution in [-0.2, 0) is 23.2 Å². The van der Waals surface area contributed by atoms with Crippen molar-refractivity contribution in [2.75, 3.05) is 26.8 Å². The van der Waals surface area contributed by atoms with Crippen molar-refractivity contribution in [2.24, 2.45) is 0 Å². The van der Waals surface area contributed by atoms with E-state index in [-0.39, 0.29) is 11.2 Å². The molecule has 7 nitrogen and oxygen atoms in total. The van der Waals surface area contributed by atoms with Crippen LogP contribution >= 0.6 is 0 Å². The van der Waals surface area contributed by atoms with Crippen LogP contribution in [0, 0.1) is 5.82 Å². The first-order chi connectivity index (χ1) is 14.6. The summed E-state index contributed by atoms with van der Waals surface area (Å²) in [5.41, 5.74) is 1.78. The molecule has 0 N–H and O–H groups in total. The van der Waals surface area contributed by atoms with E-state index in [1.54, 1.807) is 19.2 Å². The van der Waals surface area contributed by atoms with E-state index in [0.717, 1.165) is 56.8 Å². The Hall–Kier alpha value is -2.58. The molecule has 0 spiro atoms. The van der Waals surface area contributed by atoms with Gasteiger partial charge in [0, 0.05) is 49.5 Å². The van der Waals surface area contributed by atoms with E-state index in [2.05, 4.69) is 28.3 Å². The zero-order chi connectivity index (χ0) is 21.0. The molecule has 1 aliphatic heterocycles. The molecule has 2 aromatic heterocycles. The Morgan fingerprint density at radius 3 is 2.63 bits per heavy atom. The molecule has 30 heavy (non-hydrogen) atoms. The fraction of sp³-hybridized carbons (Fsp3) is 0.500. The molecule has 4 rings (SSSR count). The van der Waals surface area contributed by atoms with Gasteiger partial charge in [0.15, 0.2) is 5.82 Å². The number of aryl methyl sites for hydroxylation is 1. The van der Waals surface area contributed by atoms with Crippen molar-refractivity contribution in [3.63, 3.8) is 0 Å². The standard InChI is InChI=1S/C22H28FN5O2/c1-3-28-16-17(14-24-28)15-27-11-8-22(9-12-27,10-13-29-2)21-25-20(30-26-21)18-4-6-19(23)7-5-18/h4-7,14,16H,3,8-13,15H2,1-2H3. The second kappa shape index (κ2) is 9.06. The van der Waals surface area contributed by atoms with Crippen LogP contribution in [-0.4, -0.2) is 51.6 Å². The van der Waals surface area contributed by atoms with Crippen LogP contribution < -0.4 is 0 Å². The molecule has 0 bridgehead atoms. The summed E-state index contributed by atoms with van der Waals surface area (Å²) in [6.07, 6.45) is 6.76. The van der Waals surface area contributed by atoms with Gasteiger partial charge in [0.05, 0.1) is 6.20 Å². The molecule has 0 radical (unpaired) electrons. The second-order valence-electron chi connectivity index (χ2n) is 7.93. The van der Waals surface area contributed by atoms with E-state index in [0.29, 0.717) is 12.5 Å². The van der Waals surface area contributed by atoms with Gasteiger partial charge >= 0.3 is 0 Å². The third-order valence-corrected chi connectivity index (χ3v) is 6.01. The Morgan fingerprint density at radius 2 is 1.97 bits per heavy atom. The number of nitrogens with zero attached hydrogens (tertiary/aromatic N) is 5. The van der Waals surface area contributed by atoms with Crippen LogP contribution in [0.1, 0.15) is 37.6 Å². The number of methoxy groups -OCH3 is 1. The number of hydrogen-bond donors (Lipinski definition) is 0. The van der Waals surface area contributed by atoms with Crippen molar-refractivity contribution in [3.05, 3.63) is 53.9 Å². The van der Waals surface area contributed by atoms with Gasteiger partial charge in [0.1, 0.15) is 5.82 Å². The predicted octanol–water partition coefficient (Wildman–Crippen LogP) is 3.66. The van der Waals surface area contributed by atoms with E-state index in [9.17, 15) is 4.39 Å². The summed E-state index contributed by atoms with van der Waals surface area (Å²) in [4.78, 5) is 7.14. The van der Waals surface area contributed by atoms with Crippen molar-refractivity contribution in [1.29, 1.82) is 0 Å². The number of halogens is 1. The Morgan fingerprint density at radius 1 is 1.20 bits per heavy atom. The van der Waals surface area contributed by atoms with Gasteiger partial charge in [-0.1, -0.05) is 5.16 Å². The van der Waals surface area contributed by atoms with Crippen molar-refractivity contribution >= 4 is 0 Å². The monoisotopic (exact) mass is 413 g/mol. The van der Waals surface area contributed by atoms with E-state index in [1.165, 1.54) is 17.7 Å². The lowest BCUT2D eigenvalue weighted by molar-refractivity contribution is 0.103. The lowest BCUT2D eigenvalue weighted by Gasteiger charge is -2.39. The number of aromatic nitrogens is 4. The van der Waals surface area contributed by atoms with Crippen molar-refractivity contribution in [3.8, 4) is 11.5 Å². The van der Waals surface area contributed by atoms with Crippen LogP contribution in [0.3, 0.4) is 0 Å². The molecule has 3 heterocycles. The van der Waals surface area contributed by atoms with Gasteiger partial charge in [-0.2, -0.15) is 10.1 Å². The number of rotatable bonds is 8. The van der Waals surface area contributed by atoms with Crippen LogP contribution in [0.5, 0.6) is 0 Å². The molecular weight excluding hydrogens is 385 g/mol. The Bertz CT molecular complexity index is 945. The maximum absolute atomic E-state index is 13.2. The predicted molar refractivity (Wildman–Crippen MR) is 110 cm³/mol. The molecule has 1 saturated heterocycles. The number of hydrogen-bond acceptors (Lipinski definition) is 6. The molecule has 8 heteroatoms. The van der Waals surface area contributed by atoms with E-state index < -0.39 is 0 Å². The minimum absolute atomic E-state index is 0.179. The Balaban J connectivity index is 1.48. The van der Waals surface area contributed by atoms with Crippen LogP contribution in [0.4, 0.5) is 4.39 Å². The first kappa shape index (κ1) is 20.7. The minimum Gasteiger partial charge on any atom is -0.385 e. The Kier molecular flexibility index (Phi) is 6.24. The van der Waals surface area contributed by atoms with Gasteiger partial charge < -0.3 is 9.26 Å². The third kappa shape index (κ3) is 4.44. The molecule has 3 aromatic rings. The van der Waals surface area contributed by atoms with Gasteiger partial charge in [0.25, 0.3) is 5.89 Å². The van der Waals surface area contributed by atoms with Gasteiger partial charge in [-0.05, 0) is 63.5 Å². The lowest BCUT2D eigenvalue weighted by atomic mass is 9.75. The second-order valence-corrected chi connectivity index (χ2v) is 7.93. The lowest BCUT2D eigenvalue weighted by Crippen LogP contribution is -2.43. The van der Waals surface area contributed by atoms with E-state index >= 15 is 0 Å². The molecule has 160 valence electrons. The highest BCUT2D eigenvalue weighted by atomic mass is 19.1. The number of benzene rings is 1. The topological polar surface area (TPSA) is 69.2 Å². The summed E-state index contributed by atoms with van der Waals surface area (Å²) in [7, 11) is 1.72. The normalized spacial score (nSPS) is 16.8. The Labute approximate surface area is 175 Å². The maximum Gasteiger partial charge on any atom is 0.257 e. The molecule has 0 saturated carbocycles. The zero-order valence-corrected chi connectivity index (χ0v) is 17.6. The molecule has 1 fully saturated rings. The van der Waals surface area contributed by atoms with Crippen LogP contribution in [0.15, 0.2) is 41.2 Å². The average Bonchev–Trinajstić information content (AvgIpc) is 3.44. The van der Waals surface area contributed by atoms with Gasteiger partial charge in [0.2, 0.25) is 0 Å². The minimum atomic E-state index is -0.285. The smallest absolute Gasteiger partial charge is 0.257 e. The summed E-state index contributed by atoms with van der Waals surface area (Å²) in [6.45, 7) is 6.40. The highest BCUT2D eigenvalue weighted by Crippen LogP contribution is 2.38. The average molecular weight is 413 g/mol. The fourth-order valence-corrected chi connectivity index (χ4v) is 4.09.